The van der Waals surface area contributed by atoms with E-state index >= 15 is 0 Å². The first-order valence-electron chi connectivity index (χ1n) is 5.22. The first kappa shape index (κ1) is 11.6. The van der Waals surface area contributed by atoms with E-state index in [1.165, 1.54) is 17.1 Å². The van der Waals surface area contributed by atoms with Crippen molar-refractivity contribution in [1.29, 1.82) is 0 Å². The van der Waals surface area contributed by atoms with Gasteiger partial charge in [-0.2, -0.15) is 5.10 Å². The van der Waals surface area contributed by atoms with Gasteiger partial charge in [0.25, 0.3) is 0 Å². The maximum atomic E-state index is 11.9. The summed E-state index contributed by atoms with van der Waals surface area (Å²) in [5, 5.41) is 3.94. The van der Waals surface area contributed by atoms with E-state index < -0.39 is 10.0 Å². The molecule has 16 heavy (non-hydrogen) atoms. The lowest BCUT2D eigenvalue weighted by atomic mass is 10.4. The average Bonchev–Trinajstić information content (AvgIpc) is 2.73. The fourth-order valence-corrected chi connectivity index (χ4v) is 2.83. The summed E-state index contributed by atoms with van der Waals surface area (Å²) in [6, 6.07) is 0. The van der Waals surface area contributed by atoms with E-state index in [0.29, 0.717) is 13.1 Å². The van der Waals surface area contributed by atoms with Gasteiger partial charge in [-0.1, -0.05) is 0 Å². The van der Waals surface area contributed by atoms with E-state index in [-0.39, 0.29) is 10.4 Å². The van der Waals surface area contributed by atoms with Crippen molar-refractivity contribution in [3.05, 3.63) is 12.4 Å². The highest BCUT2D eigenvalue weighted by Gasteiger charge is 2.41. The van der Waals surface area contributed by atoms with Gasteiger partial charge < -0.3 is 5.73 Å². The van der Waals surface area contributed by atoms with Crippen molar-refractivity contribution >= 4 is 10.0 Å². The third-order valence-corrected chi connectivity index (χ3v) is 4.25. The molecule has 1 aliphatic carbocycles. The Bertz CT molecular complexity index is 475. The highest BCUT2D eigenvalue weighted by atomic mass is 32.2. The van der Waals surface area contributed by atoms with E-state index in [2.05, 4.69) is 9.82 Å². The third kappa shape index (κ3) is 2.42. The number of hydrogen-bond acceptors (Lipinski definition) is 4. The highest BCUT2D eigenvalue weighted by molar-refractivity contribution is 7.89. The first-order chi connectivity index (χ1) is 7.45. The molecule has 1 saturated carbocycles. The lowest BCUT2D eigenvalue weighted by Gasteiger charge is -2.10. The van der Waals surface area contributed by atoms with Crippen molar-refractivity contribution in [2.24, 2.45) is 5.73 Å². The summed E-state index contributed by atoms with van der Waals surface area (Å²) in [6.45, 7) is 2.86. The Hall–Kier alpha value is -0.920. The predicted octanol–water partition coefficient (Wildman–Crippen LogP) is -0.327. The predicted molar refractivity (Wildman–Crippen MR) is 59.2 cm³/mol. The van der Waals surface area contributed by atoms with Crippen LogP contribution in [0.15, 0.2) is 17.3 Å². The van der Waals surface area contributed by atoms with Gasteiger partial charge >= 0.3 is 0 Å². The zero-order valence-corrected chi connectivity index (χ0v) is 10.00. The fraction of sp³-hybridized carbons (Fsp3) is 0.667. The largest absolute Gasteiger partial charge is 0.329 e. The Balaban J connectivity index is 2.15. The molecule has 1 fully saturated rings. The molecule has 0 unspecified atom stereocenters. The molecule has 0 spiro atoms. The van der Waals surface area contributed by atoms with Gasteiger partial charge in [-0.3, -0.25) is 4.68 Å². The molecule has 0 aromatic carbocycles. The number of nitrogens with zero attached hydrogens (tertiary/aromatic N) is 2. The fourth-order valence-electron chi connectivity index (χ4n) is 1.41. The standard InChI is InChI=1S/C9H16N4O2S/c1-9(2-3-9)12-16(14,15)8-6-11-13(7-8)5-4-10/h6-7,12H,2-5,10H2,1H3. The molecule has 90 valence electrons. The summed E-state index contributed by atoms with van der Waals surface area (Å²) in [7, 11) is -3.43. The second-order valence-corrected chi connectivity index (χ2v) is 6.08. The van der Waals surface area contributed by atoms with Crippen LogP contribution >= 0.6 is 0 Å². The van der Waals surface area contributed by atoms with Gasteiger partial charge in [0, 0.05) is 18.3 Å². The molecule has 0 saturated heterocycles. The molecular weight excluding hydrogens is 228 g/mol. The lowest BCUT2D eigenvalue weighted by Crippen LogP contribution is -2.34. The van der Waals surface area contributed by atoms with Crippen molar-refractivity contribution in [3.63, 3.8) is 0 Å². The summed E-state index contributed by atoms with van der Waals surface area (Å²) in [6.07, 6.45) is 4.64. The maximum absolute atomic E-state index is 11.9. The molecule has 1 aromatic rings. The van der Waals surface area contributed by atoms with Crippen molar-refractivity contribution in [1.82, 2.24) is 14.5 Å². The van der Waals surface area contributed by atoms with E-state index in [4.69, 9.17) is 5.73 Å². The summed E-state index contributed by atoms with van der Waals surface area (Å²) >= 11 is 0. The minimum Gasteiger partial charge on any atom is -0.329 e. The molecule has 0 amide bonds. The number of sulfonamides is 1. The van der Waals surface area contributed by atoms with Gasteiger partial charge in [0.2, 0.25) is 10.0 Å². The summed E-state index contributed by atoms with van der Waals surface area (Å²) in [5.41, 5.74) is 5.11. The van der Waals surface area contributed by atoms with Crippen molar-refractivity contribution in [3.8, 4) is 0 Å². The van der Waals surface area contributed by atoms with Gasteiger partial charge in [-0.25, -0.2) is 13.1 Å². The molecule has 6 nitrogen and oxygen atoms in total. The Morgan fingerprint density at radius 1 is 1.62 bits per heavy atom. The van der Waals surface area contributed by atoms with Crippen LogP contribution in [-0.4, -0.2) is 30.3 Å². The minimum atomic E-state index is -3.43. The van der Waals surface area contributed by atoms with Gasteiger partial charge in [-0.05, 0) is 19.8 Å². The monoisotopic (exact) mass is 244 g/mol. The van der Waals surface area contributed by atoms with Gasteiger partial charge in [0.05, 0.1) is 12.7 Å². The van der Waals surface area contributed by atoms with Crippen molar-refractivity contribution in [2.45, 2.75) is 36.7 Å². The van der Waals surface area contributed by atoms with Crippen LogP contribution in [0.3, 0.4) is 0 Å². The van der Waals surface area contributed by atoms with Crippen LogP contribution in [0.2, 0.25) is 0 Å². The molecule has 0 aliphatic heterocycles. The molecule has 1 aliphatic rings. The highest BCUT2D eigenvalue weighted by Crippen LogP contribution is 2.35. The van der Waals surface area contributed by atoms with Crippen LogP contribution in [-0.2, 0) is 16.6 Å². The van der Waals surface area contributed by atoms with Crippen LogP contribution in [0, 0.1) is 0 Å². The van der Waals surface area contributed by atoms with E-state index in [0.717, 1.165) is 12.8 Å². The van der Waals surface area contributed by atoms with Crippen LogP contribution in [0.4, 0.5) is 0 Å². The molecule has 1 heterocycles. The topological polar surface area (TPSA) is 90.0 Å². The van der Waals surface area contributed by atoms with Gasteiger partial charge in [0.1, 0.15) is 4.90 Å². The second kappa shape index (κ2) is 3.83. The van der Waals surface area contributed by atoms with Gasteiger partial charge in [0.15, 0.2) is 0 Å². The Kier molecular flexibility index (Phi) is 2.77. The van der Waals surface area contributed by atoms with Gasteiger partial charge in [-0.15, -0.1) is 0 Å². The maximum Gasteiger partial charge on any atom is 0.244 e. The lowest BCUT2D eigenvalue weighted by molar-refractivity contribution is 0.557. The molecule has 1 aromatic heterocycles. The summed E-state index contributed by atoms with van der Waals surface area (Å²) in [4.78, 5) is 0.203. The number of nitrogens with one attached hydrogen (secondary N) is 1. The quantitative estimate of drug-likeness (QED) is 0.742. The van der Waals surface area contributed by atoms with E-state index in [1.807, 2.05) is 6.92 Å². The Morgan fingerprint density at radius 2 is 2.31 bits per heavy atom. The second-order valence-electron chi connectivity index (χ2n) is 4.39. The Labute approximate surface area is 94.9 Å². The van der Waals surface area contributed by atoms with Crippen LogP contribution in [0.25, 0.3) is 0 Å². The molecule has 0 bridgehead atoms. The first-order valence-corrected chi connectivity index (χ1v) is 6.70. The normalized spacial score (nSPS) is 18.6. The Morgan fingerprint density at radius 3 is 2.88 bits per heavy atom. The smallest absolute Gasteiger partial charge is 0.244 e. The number of nitrogens with two attached hydrogens (primary N) is 1. The molecule has 0 radical (unpaired) electrons. The minimum absolute atomic E-state index is 0.203. The van der Waals surface area contributed by atoms with E-state index in [1.54, 1.807) is 0 Å². The van der Waals surface area contributed by atoms with E-state index in [9.17, 15) is 8.42 Å². The third-order valence-electron chi connectivity index (χ3n) is 2.66. The summed E-state index contributed by atoms with van der Waals surface area (Å²) in [5.74, 6) is 0. The zero-order valence-electron chi connectivity index (χ0n) is 9.18. The molecule has 0 atom stereocenters. The molecule has 2 rings (SSSR count). The average molecular weight is 244 g/mol. The van der Waals surface area contributed by atoms with Crippen molar-refractivity contribution < 1.29 is 8.42 Å². The zero-order chi connectivity index (χ0) is 11.8. The number of aromatic nitrogens is 2. The molecular formula is C9H16N4O2S. The van der Waals surface area contributed by atoms with Crippen LogP contribution in [0.5, 0.6) is 0 Å². The SMILES string of the molecule is CC1(NS(=O)(=O)c2cnn(CCN)c2)CC1. The number of rotatable bonds is 5. The van der Waals surface area contributed by atoms with Crippen LogP contribution in [0.1, 0.15) is 19.8 Å². The number of hydrogen-bond donors (Lipinski definition) is 2. The van der Waals surface area contributed by atoms with Crippen molar-refractivity contribution in [2.75, 3.05) is 6.54 Å². The molecule has 3 N–H and O–H groups in total. The van der Waals surface area contributed by atoms with Crippen LogP contribution < -0.4 is 10.5 Å². The summed E-state index contributed by atoms with van der Waals surface area (Å²) < 4.78 is 28.0. The molecule has 7 heteroatoms.